The van der Waals surface area contributed by atoms with Crippen LogP contribution in [0.2, 0.25) is 0 Å². The van der Waals surface area contributed by atoms with Crippen molar-refractivity contribution in [1.29, 1.82) is 0 Å². The second-order valence-corrected chi connectivity index (χ2v) is 6.14. The smallest absolute Gasteiger partial charge is 0.229 e. The molecule has 3 rings (SSSR count). The van der Waals surface area contributed by atoms with E-state index in [4.69, 9.17) is 0 Å². The number of amides is 1. The number of nitrogens with one attached hydrogen (secondary N) is 2. The zero-order valence-electron chi connectivity index (χ0n) is 13.6. The van der Waals surface area contributed by atoms with Crippen molar-refractivity contribution in [2.24, 2.45) is 5.92 Å². The SMILES string of the molecule is Cc1ccccc1CN(C)C(=O)C1CNNC1c1ccccc1. The molecule has 0 spiro atoms. The van der Waals surface area contributed by atoms with Gasteiger partial charge in [0, 0.05) is 20.1 Å². The van der Waals surface area contributed by atoms with Gasteiger partial charge in [-0.2, -0.15) is 0 Å². The third kappa shape index (κ3) is 3.44. The molecule has 2 atom stereocenters. The highest BCUT2D eigenvalue weighted by Gasteiger charge is 2.35. The molecule has 1 amide bonds. The lowest BCUT2D eigenvalue weighted by atomic mass is 9.93. The van der Waals surface area contributed by atoms with Crippen LogP contribution in [0.25, 0.3) is 0 Å². The topological polar surface area (TPSA) is 44.4 Å². The number of aryl methyl sites for hydroxylation is 1. The average Bonchev–Trinajstić information content (AvgIpc) is 3.06. The molecule has 120 valence electrons. The largest absolute Gasteiger partial charge is 0.341 e. The number of hydrazine groups is 1. The molecule has 0 saturated carbocycles. The molecule has 0 bridgehead atoms. The average molecular weight is 309 g/mol. The summed E-state index contributed by atoms with van der Waals surface area (Å²) in [5, 5.41) is 0. The minimum Gasteiger partial charge on any atom is -0.341 e. The van der Waals surface area contributed by atoms with Gasteiger partial charge in [-0.3, -0.25) is 10.2 Å². The van der Waals surface area contributed by atoms with E-state index in [9.17, 15) is 4.79 Å². The fourth-order valence-corrected chi connectivity index (χ4v) is 3.11. The van der Waals surface area contributed by atoms with Crippen LogP contribution < -0.4 is 10.9 Å². The van der Waals surface area contributed by atoms with Gasteiger partial charge in [0.1, 0.15) is 0 Å². The number of hydrogen-bond donors (Lipinski definition) is 2. The van der Waals surface area contributed by atoms with E-state index in [-0.39, 0.29) is 17.9 Å². The molecule has 1 aliphatic rings. The maximum atomic E-state index is 12.9. The predicted molar refractivity (Wildman–Crippen MR) is 91.5 cm³/mol. The minimum atomic E-state index is -0.0913. The van der Waals surface area contributed by atoms with E-state index in [0.29, 0.717) is 13.1 Å². The Bertz CT molecular complexity index is 671. The Morgan fingerprint density at radius 2 is 1.83 bits per heavy atom. The summed E-state index contributed by atoms with van der Waals surface area (Å²) in [4.78, 5) is 14.7. The van der Waals surface area contributed by atoms with Gasteiger partial charge in [-0.1, -0.05) is 54.6 Å². The first-order valence-corrected chi connectivity index (χ1v) is 7.99. The van der Waals surface area contributed by atoms with Crippen LogP contribution in [0.4, 0.5) is 0 Å². The van der Waals surface area contributed by atoms with Crippen LogP contribution in [0.5, 0.6) is 0 Å². The zero-order valence-corrected chi connectivity index (χ0v) is 13.6. The van der Waals surface area contributed by atoms with Crippen molar-refractivity contribution in [3.8, 4) is 0 Å². The summed E-state index contributed by atoms with van der Waals surface area (Å²) in [6.45, 7) is 3.37. The highest BCUT2D eigenvalue weighted by Crippen LogP contribution is 2.26. The molecule has 2 unspecified atom stereocenters. The molecule has 23 heavy (non-hydrogen) atoms. The van der Waals surface area contributed by atoms with Crippen molar-refractivity contribution in [3.05, 3.63) is 71.3 Å². The normalized spacial score (nSPS) is 20.4. The molecule has 1 heterocycles. The van der Waals surface area contributed by atoms with Crippen molar-refractivity contribution in [2.45, 2.75) is 19.5 Å². The van der Waals surface area contributed by atoms with Crippen LogP contribution in [0.15, 0.2) is 54.6 Å². The molecule has 0 aromatic heterocycles. The van der Waals surface area contributed by atoms with E-state index in [0.717, 1.165) is 5.56 Å². The number of benzene rings is 2. The third-order valence-corrected chi connectivity index (χ3v) is 4.50. The Kier molecular flexibility index (Phi) is 4.74. The summed E-state index contributed by atoms with van der Waals surface area (Å²) in [5.41, 5.74) is 9.92. The summed E-state index contributed by atoms with van der Waals surface area (Å²) in [5.74, 6) is 0.0750. The molecule has 1 saturated heterocycles. The second kappa shape index (κ2) is 6.94. The lowest BCUT2D eigenvalue weighted by Gasteiger charge is -2.25. The van der Waals surface area contributed by atoms with Crippen LogP contribution in [-0.4, -0.2) is 24.4 Å². The number of carbonyl (C=O) groups excluding carboxylic acids is 1. The number of rotatable bonds is 4. The zero-order chi connectivity index (χ0) is 16.2. The van der Waals surface area contributed by atoms with Gasteiger partial charge in [-0.15, -0.1) is 0 Å². The number of hydrogen-bond acceptors (Lipinski definition) is 3. The Balaban J connectivity index is 1.73. The molecule has 0 aliphatic carbocycles. The van der Waals surface area contributed by atoms with Crippen molar-refractivity contribution in [2.75, 3.05) is 13.6 Å². The first kappa shape index (κ1) is 15.7. The number of carbonyl (C=O) groups is 1. The van der Waals surface area contributed by atoms with E-state index in [1.807, 2.05) is 42.3 Å². The summed E-state index contributed by atoms with van der Waals surface area (Å²) in [7, 11) is 1.88. The predicted octanol–water partition coefficient (Wildman–Crippen LogP) is 2.42. The molecule has 2 aromatic carbocycles. The highest BCUT2D eigenvalue weighted by atomic mass is 16.2. The van der Waals surface area contributed by atoms with E-state index in [2.05, 4.69) is 42.0 Å². The lowest BCUT2D eigenvalue weighted by molar-refractivity contribution is -0.134. The first-order valence-electron chi connectivity index (χ1n) is 7.99. The minimum absolute atomic E-state index is 0.0167. The Morgan fingerprint density at radius 3 is 2.57 bits per heavy atom. The maximum absolute atomic E-state index is 12.9. The van der Waals surface area contributed by atoms with Gasteiger partial charge in [0.15, 0.2) is 0 Å². The summed E-state index contributed by atoms with van der Waals surface area (Å²) < 4.78 is 0. The molecule has 1 aliphatic heterocycles. The molecule has 0 radical (unpaired) electrons. The van der Waals surface area contributed by atoms with Crippen molar-refractivity contribution < 1.29 is 4.79 Å². The van der Waals surface area contributed by atoms with Crippen LogP contribution in [-0.2, 0) is 11.3 Å². The van der Waals surface area contributed by atoms with Crippen LogP contribution >= 0.6 is 0 Å². The van der Waals surface area contributed by atoms with Crippen LogP contribution in [0.3, 0.4) is 0 Å². The first-order chi connectivity index (χ1) is 11.2. The Morgan fingerprint density at radius 1 is 1.13 bits per heavy atom. The molecule has 4 nitrogen and oxygen atoms in total. The molecule has 2 aromatic rings. The van der Waals surface area contributed by atoms with E-state index in [1.54, 1.807) is 0 Å². The van der Waals surface area contributed by atoms with Crippen molar-refractivity contribution in [3.63, 3.8) is 0 Å². The second-order valence-electron chi connectivity index (χ2n) is 6.14. The molecule has 2 N–H and O–H groups in total. The number of nitrogens with zero attached hydrogens (tertiary/aromatic N) is 1. The summed E-state index contributed by atoms with van der Waals surface area (Å²) >= 11 is 0. The monoisotopic (exact) mass is 309 g/mol. The quantitative estimate of drug-likeness (QED) is 0.911. The Labute approximate surface area is 137 Å². The van der Waals surface area contributed by atoms with Gasteiger partial charge >= 0.3 is 0 Å². The van der Waals surface area contributed by atoms with Crippen LogP contribution in [0.1, 0.15) is 22.7 Å². The van der Waals surface area contributed by atoms with Gasteiger partial charge in [-0.05, 0) is 23.6 Å². The van der Waals surface area contributed by atoms with Gasteiger partial charge in [0.2, 0.25) is 5.91 Å². The van der Waals surface area contributed by atoms with E-state index < -0.39 is 0 Å². The van der Waals surface area contributed by atoms with Crippen molar-refractivity contribution >= 4 is 5.91 Å². The fraction of sp³-hybridized carbons (Fsp3) is 0.316. The fourth-order valence-electron chi connectivity index (χ4n) is 3.11. The van der Waals surface area contributed by atoms with Gasteiger partial charge in [0.25, 0.3) is 0 Å². The van der Waals surface area contributed by atoms with Crippen LogP contribution in [0, 0.1) is 12.8 Å². The summed E-state index contributed by atoms with van der Waals surface area (Å²) in [6, 6.07) is 18.4. The molecular formula is C19H23N3O. The lowest BCUT2D eigenvalue weighted by Crippen LogP contribution is -2.36. The third-order valence-electron chi connectivity index (χ3n) is 4.50. The highest BCUT2D eigenvalue weighted by molar-refractivity contribution is 5.80. The molecular weight excluding hydrogens is 286 g/mol. The van der Waals surface area contributed by atoms with E-state index in [1.165, 1.54) is 11.1 Å². The van der Waals surface area contributed by atoms with Gasteiger partial charge < -0.3 is 4.90 Å². The van der Waals surface area contributed by atoms with Crippen molar-refractivity contribution in [1.82, 2.24) is 15.8 Å². The summed E-state index contributed by atoms with van der Waals surface area (Å²) in [6.07, 6.45) is 0. The van der Waals surface area contributed by atoms with Gasteiger partial charge in [0.05, 0.1) is 12.0 Å². The standard InChI is InChI=1S/C19H23N3O/c1-14-8-6-7-11-16(14)13-22(2)19(23)17-12-20-21-18(17)15-9-4-3-5-10-15/h3-11,17-18,20-21H,12-13H2,1-2H3. The molecule has 4 heteroatoms. The van der Waals surface area contributed by atoms with E-state index >= 15 is 0 Å². The molecule has 1 fully saturated rings. The maximum Gasteiger partial charge on any atom is 0.229 e. The Hall–Kier alpha value is -2.17. The van der Waals surface area contributed by atoms with Gasteiger partial charge in [-0.25, -0.2) is 5.43 Å².